The van der Waals surface area contributed by atoms with Gasteiger partial charge in [-0.2, -0.15) is 0 Å². The number of hydrogen-bond donors (Lipinski definition) is 1. The minimum Gasteiger partial charge on any atom is -0.357 e. The smallest absolute Gasteiger partial charge is 0.128 e. The van der Waals surface area contributed by atoms with Crippen molar-refractivity contribution in [2.24, 2.45) is 0 Å². The summed E-state index contributed by atoms with van der Waals surface area (Å²) >= 11 is 0. The topological polar surface area (TPSA) is 28.2 Å². The van der Waals surface area contributed by atoms with Crippen LogP contribution >= 0.6 is 0 Å². The summed E-state index contributed by atoms with van der Waals surface area (Å²) in [5.41, 5.74) is 1.25. The molecule has 0 spiro atoms. The van der Waals surface area contributed by atoms with Crippen molar-refractivity contribution < 1.29 is 0 Å². The van der Waals surface area contributed by atoms with Gasteiger partial charge in [0.15, 0.2) is 0 Å². The van der Waals surface area contributed by atoms with Gasteiger partial charge >= 0.3 is 0 Å². The van der Waals surface area contributed by atoms with Gasteiger partial charge in [0.25, 0.3) is 0 Å². The van der Waals surface area contributed by atoms with Crippen molar-refractivity contribution in [3.63, 3.8) is 0 Å². The molecule has 0 amide bonds. The molecule has 1 N–H and O–H groups in total. The minimum absolute atomic E-state index is 0.522. The predicted molar refractivity (Wildman–Crippen MR) is 67.6 cm³/mol. The summed E-state index contributed by atoms with van der Waals surface area (Å²) in [7, 11) is 2.13. The normalized spacial score (nSPS) is 15.5. The van der Waals surface area contributed by atoms with E-state index in [2.05, 4.69) is 48.2 Å². The zero-order valence-corrected chi connectivity index (χ0v) is 10.4. The summed E-state index contributed by atoms with van der Waals surface area (Å²) in [5, 5.41) is 3.39. The molecule has 0 atom stereocenters. The average molecular weight is 219 g/mol. The maximum absolute atomic E-state index is 4.50. The van der Waals surface area contributed by atoms with E-state index in [4.69, 9.17) is 0 Å². The Morgan fingerprint density at radius 3 is 2.69 bits per heavy atom. The van der Waals surface area contributed by atoms with Gasteiger partial charge in [-0.05, 0) is 24.5 Å². The van der Waals surface area contributed by atoms with Crippen molar-refractivity contribution in [3.05, 3.63) is 23.9 Å². The number of aromatic nitrogens is 1. The Labute approximate surface area is 97.9 Å². The molecule has 1 aliphatic carbocycles. The molecule has 16 heavy (non-hydrogen) atoms. The summed E-state index contributed by atoms with van der Waals surface area (Å²) in [6, 6.07) is 5.53. The molecule has 1 aromatic rings. The van der Waals surface area contributed by atoms with E-state index in [1.807, 2.05) is 6.20 Å². The molecule has 1 saturated carbocycles. The molecule has 1 aromatic heterocycles. The second kappa shape index (κ2) is 4.83. The Morgan fingerprint density at radius 2 is 2.19 bits per heavy atom. The Balaban J connectivity index is 1.93. The van der Waals surface area contributed by atoms with Gasteiger partial charge in [-0.15, -0.1) is 0 Å². The number of hydrogen-bond acceptors (Lipinski definition) is 3. The van der Waals surface area contributed by atoms with Crippen LogP contribution in [0.25, 0.3) is 0 Å². The summed E-state index contributed by atoms with van der Waals surface area (Å²) in [4.78, 5) is 6.78. The lowest BCUT2D eigenvalue weighted by Crippen LogP contribution is -2.23. The second-order valence-corrected chi connectivity index (χ2v) is 4.90. The first-order valence-corrected chi connectivity index (χ1v) is 6.08. The molecule has 0 aliphatic heterocycles. The maximum atomic E-state index is 4.50. The fourth-order valence-electron chi connectivity index (χ4n) is 1.70. The Kier molecular flexibility index (Phi) is 3.44. The average Bonchev–Trinajstić information content (AvgIpc) is 3.10. The van der Waals surface area contributed by atoms with Gasteiger partial charge in [0.2, 0.25) is 0 Å². The van der Waals surface area contributed by atoms with Crippen LogP contribution in [0.2, 0.25) is 0 Å². The second-order valence-electron chi connectivity index (χ2n) is 4.90. The molecular weight excluding hydrogens is 198 g/mol. The Morgan fingerprint density at radius 1 is 1.44 bits per heavy atom. The van der Waals surface area contributed by atoms with E-state index in [9.17, 15) is 0 Å². The summed E-state index contributed by atoms with van der Waals surface area (Å²) in [6.07, 6.45) is 4.60. The number of pyridine rings is 1. The van der Waals surface area contributed by atoms with E-state index in [-0.39, 0.29) is 0 Å². The third kappa shape index (κ3) is 2.95. The standard InChI is InChI=1S/C13H21N3/c1-10(2)14-8-11-4-7-13(15-9-11)16(3)12-5-6-12/h4,7,9-10,12,14H,5-6,8H2,1-3H3. The first-order valence-electron chi connectivity index (χ1n) is 6.08. The van der Waals surface area contributed by atoms with Crippen molar-refractivity contribution in [1.82, 2.24) is 10.3 Å². The highest BCUT2D eigenvalue weighted by molar-refractivity contribution is 5.41. The SMILES string of the molecule is CC(C)NCc1ccc(N(C)C2CC2)nc1. The van der Waals surface area contributed by atoms with Crippen LogP contribution in [0.1, 0.15) is 32.3 Å². The molecule has 0 bridgehead atoms. The van der Waals surface area contributed by atoms with E-state index < -0.39 is 0 Å². The van der Waals surface area contributed by atoms with Gasteiger partial charge in [0.05, 0.1) is 0 Å². The lowest BCUT2D eigenvalue weighted by atomic mass is 10.2. The fraction of sp³-hybridized carbons (Fsp3) is 0.615. The molecule has 88 valence electrons. The molecule has 1 aliphatic rings. The molecule has 0 unspecified atom stereocenters. The van der Waals surface area contributed by atoms with Crippen LogP contribution in [0.4, 0.5) is 5.82 Å². The third-order valence-electron chi connectivity index (χ3n) is 2.98. The molecule has 1 fully saturated rings. The van der Waals surface area contributed by atoms with Crippen LogP contribution in [0.15, 0.2) is 18.3 Å². The predicted octanol–water partition coefficient (Wildman–Crippen LogP) is 2.18. The summed E-state index contributed by atoms with van der Waals surface area (Å²) in [6.45, 7) is 5.21. The number of nitrogens with zero attached hydrogens (tertiary/aromatic N) is 2. The number of nitrogens with one attached hydrogen (secondary N) is 1. The number of anilines is 1. The van der Waals surface area contributed by atoms with Crippen molar-refractivity contribution in [2.75, 3.05) is 11.9 Å². The maximum Gasteiger partial charge on any atom is 0.128 e. The van der Waals surface area contributed by atoms with Crippen molar-refractivity contribution in [1.29, 1.82) is 0 Å². The molecule has 0 radical (unpaired) electrons. The lowest BCUT2D eigenvalue weighted by molar-refractivity contribution is 0.588. The van der Waals surface area contributed by atoms with Crippen LogP contribution in [-0.4, -0.2) is 24.1 Å². The highest BCUT2D eigenvalue weighted by atomic mass is 15.2. The number of rotatable bonds is 5. The van der Waals surface area contributed by atoms with Crippen molar-refractivity contribution in [2.45, 2.75) is 45.3 Å². The van der Waals surface area contributed by atoms with Gasteiger partial charge in [-0.3, -0.25) is 0 Å². The van der Waals surface area contributed by atoms with Gasteiger partial charge in [-0.25, -0.2) is 4.98 Å². The molecular formula is C13H21N3. The van der Waals surface area contributed by atoms with Gasteiger partial charge in [0, 0.05) is 31.9 Å². The highest BCUT2D eigenvalue weighted by Gasteiger charge is 2.26. The first kappa shape index (κ1) is 11.4. The van der Waals surface area contributed by atoms with Crippen LogP contribution in [0.5, 0.6) is 0 Å². The van der Waals surface area contributed by atoms with Gasteiger partial charge < -0.3 is 10.2 Å². The molecule has 2 rings (SSSR count). The van der Waals surface area contributed by atoms with E-state index >= 15 is 0 Å². The monoisotopic (exact) mass is 219 g/mol. The Bertz CT molecular complexity index is 328. The van der Waals surface area contributed by atoms with Gasteiger partial charge in [0.1, 0.15) is 5.82 Å². The highest BCUT2D eigenvalue weighted by Crippen LogP contribution is 2.28. The van der Waals surface area contributed by atoms with Crippen LogP contribution in [0, 0.1) is 0 Å². The quantitative estimate of drug-likeness (QED) is 0.822. The van der Waals surface area contributed by atoms with E-state index in [1.165, 1.54) is 18.4 Å². The van der Waals surface area contributed by atoms with Crippen molar-refractivity contribution >= 4 is 5.82 Å². The first-order chi connectivity index (χ1) is 7.66. The van der Waals surface area contributed by atoms with Crippen LogP contribution in [-0.2, 0) is 6.54 Å². The van der Waals surface area contributed by atoms with E-state index in [0.29, 0.717) is 6.04 Å². The Hall–Kier alpha value is -1.09. The lowest BCUT2D eigenvalue weighted by Gasteiger charge is -2.17. The zero-order chi connectivity index (χ0) is 11.5. The minimum atomic E-state index is 0.522. The van der Waals surface area contributed by atoms with Crippen LogP contribution < -0.4 is 10.2 Å². The van der Waals surface area contributed by atoms with E-state index in [1.54, 1.807) is 0 Å². The molecule has 3 nitrogen and oxygen atoms in total. The fourth-order valence-corrected chi connectivity index (χ4v) is 1.70. The van der Waals surface area contributed by atoms with Crippen molar-refractivity contribution in [3.8, 4) is 0 Å². The summed E-state index contributed by atoms with van der Waals surface area (Å²) < 4.78 is 0. The van der Waals surface area contributed by atoms with Crippen LogP contribution in [0.3, 0.4) is 0 Å². The summed E-state index contributed by atoms with van der Waals surface area (Å²) in [5.74, 6) is 1.09. The largest absolute Gasteiger partial charge is 0.357 e. The molecule has 1 heterocycles. The molecule has 3 heteroatoms. The van der Waals surface area contributed by atoms with E-state index in [0.717, 1.165) is 18.4 Å². The zero-order valence-electron chi connectivity index (χ0n) is 10.4. The molecule has 0 aromatic carbocycles. The molecule has 0 saturated heterocycles. The third-order valence-corrected chi connectivity index (χ3v) is 2.98. The van der Waals surface area contributed by atoms with Gasteiger partial charge in [-0.1, -0.05) is 19.9 Å².